The van der Waals surface area contributed by atoms with E-state index in [1.807, 2.05) is 0 Å². The Labute approximate surface area is 190 Å². The van der Waals surface area contributed by atoms with Gasteiger partial charge >= 0.3 is 0 Å². The van der Waals surface area contributed by atoms with Gasteiger partial charge in [-0.05, 0) is 43.0 Å². The number of aryl methyl sites for hydroxylation is 1. The second-order valence-electron chi connectivity index (χ2n) is 9.13. The molecule has 32 heavy (non-hydrogen) atoms. The minimum Gasteiger partial charge on any atom is -0.390 e. The molecule has 0 unspecified atom stereocenters. The molecule has 3 aromatic carbocycles. The molecule has 1 aliphatic carbocycles. The van der Waals surface area contributed by atoms with E-state index in [-0.39, 0.29) is 0 Å². The van der Waals surface area contributed by atoms with E-state index in [1.165, 1.54) is 64.5 Å². The van der Waals surface area contributed by atoms with Gasteiger partial charge in [-0.25, -0.2) is 0 Å². The third kappa shape index (κ3) is 4.23. The van der Waals surface area contributed by atoms with Crippen molar-refractivity contribution in [1.29, 1.82) is 0 Å². The Morgan fingerprint density at radius 2 is 1.56 bits per heavy atom. The molecule has 0 radical (unpaired) electrons. The van der Waals surface area contributed by atoms with Crippen LogP contribution in [0.1, 0.15) is 31.2 Å². The second kappa shape index (κ2) is 9.32. The van der Waals surface area contributed by atoms with Crippen LogP contribution < -0.4 is 5.32 Å². The van der Waals surface area contributed by atoms with Gasteiger partial charge in [-0.3, -0.25) is 0 Å². The average Bonchev–Trinajstić information content (AvgIpc) is 3.45. The van der Waals surface area contributed by atoms with Crippen LogP contribution in [-0.2, 0) is 6.54 Å². The molecule has 0 spiro atoms. The number of aromatic nitrogens is 1. The lowest BCUT2D eigenvalue weighted by Crippen LogP contribution is -2.36. The van der Waals surface area contributed by atoms with Crippen LogP contribution in [0, 0.1) is 6.92 Å². The molecular formula is C29H32N2O. The fourth-order valence-electron chi connectivity index (χ4n) is 5.16. The van der Waals surface area contributed by atoms with E-state index in [0.29, 0.717) is 19.1 Å². The van der Waals surface area contributed by atoms with Gasteiger partial charge < -0.3 is 15.0 Å². The van der Waals surface area contributed by atoms with Gasteiger partial charge in [0.05, 0.1) is 18.3 Å². The molecule has 0 saturated heterocycles. The Balaban J connectivity index is 1.62. The summed E-state index contributed by atoms with van der Waals surface area (Å²) in [5.74, 6) is 0. The maximum Gasteiger partial charge on any atom is 0.0843 e. The van der Waals surface area contributed by atoms with Crippen molar-refractivity contribution < 1.29 is 5.11 Å². The highest BCUT2D eigenvalue weighted by atomic mass is 16.3. The van der Waals surface area contributed by atoms with E-state index < -0.39 is 6.10 Å². The Bertz CT molecular complexity index is 1170. The maximum absolute atomic E-state index is 11.0. The van der Waals surface area contributed by atoms with Crippen molar-refractivity contribution in [2.24, 2.45) is 0 Å². The maximum atomic E-state index is 11.0. The molecule has 0 amide bonds. The summed E-state index contributed by atoms with van der Waals surface area (Å²) in [6.07, 6.45) is 4.61. The van der Waals surface area contributed by atoms with Crippen LogP contribution >= 0.6 is 0 Å². The van der Waals surface area contributed by atoms with Crippen LogP contribution in [0.25, 0.3) is 33.3 Å². The molecule has 3 nitrogen and oxygen atoms in total. The molecule has 0 aliphatic heterocycles. The first-order valence-corrected chi connectivity index (χ1v) is 11.9. The number of aliphatic hydroxyl groups is 1. The fraction of sp³-hybridized carbons (Fsp3) is 0.310. The summed E-state index contributed by atoms with van der Waals surface area (Å²) in [6.45, 7) is 3.34. The number of nitrogens with zero attached hydrogens (tertiary/aromatic N) is 1. The number of rotatable bonds is 7. The lowest BCUT2D eigenvalue weighted by atomic mass is 9.98. The topological polar surface area (TPSA) is 37.2 Å². The summed E-state index contributed by atoms with van der Waals surface area (Å²) in [5.41, 5.74) is 7.22. The summed E-state index contributed by atoms with van der Waals surface area (Å²) in [7, 11) is 0. The lowest BCUT2D eigenvalue weighted by molar-refractivity contribution is 0.149. The molecule has 1 atom stereocenters. The Morgan fingerprint density at radius 3 is 2.25 bits per heavy atom. The first-order valence-electron chi connectivity index (χ1n) is 11.9. The van der Waals surface area contributed by atoms with Crippen LogP contribution in [0.3, 0.4) is 0 Å². The standard InChI is InChI=1S/C29H32N2O/c1-21-16-17-27-26(18-21)28(22-10-4-2-5-11-22)29(23-12-6-3-7-13-23)31(27)20-25(32)19-30-24-14-8-9-15-24/h2-7,10-13,16-18,24-25,30,32H,8-9,14-15,19-20H2,1H3/t25-/m1/s1. The minimum absolute atomic E-state index is 0.446. The third-order valence-electron chi connectivity index (χ3n) is 6.72. The van der Waals surface area contributed by atoms with Crippen molar-refractivity contribution in [2.45, 2.75) is 51.3 Å². The third-order valence-corrected chi connectivity index (χ3v) is 6.72. The van der Waals surface area contributed by atoms with Crippen LogP contribution in [0.2, 0.25) is 0 Å². The van der Waals surface area contributed by atoms with Crippen molar-refractivity contribution >= 4 is 10.9 Å². The summed E-state index contributed by atoms with van der Waals surface area (Å²) in [6, 6.07) is 28.5. The summed E-state index contributed by atoms with van der Waals surface area (Å²) >= 11 is 0. The van der Waals surface area contributed by atoms with Gasteiger partial charge in [0.2, 0.25) is 0 Å². The zero-order chi connectivity index (χ0) is 21.9. The van der Waals surface area contributed by atoms with E-state index in [1.54, 1.807) is 0 Å². The van der Waals surface area contributed by atoms with E-state index in [2.05, 4.69) is 95.7 Å². The second-order valence-corrected chi connectivity index (χ2v) is 9.13. The molecule has 1 saturated carbocycles. The van der Waals surface area contributed by atoms with Crippen molar-refractivity contribution in [2.75, 3.05) is 6.54 Å². The van der Waals surface area contributed by atoms with Crippen molar-refractivity contribution in [3.8, 4) is 22.4 Å². The molecule has 2 N–H and O–H groups in total. The average molecular weight is 425 g/mol. The molecule has 5 rings (SSSR count). The molecular weight excluding hydrogens is 392 g/mol. The molecule has 1 fully saturated rings. The predicted molar refractivity (Wildman–Crippen MR) is 134 cm³/mol. The van der Waals surface area contributed by atoms with Gasteiger partial charge in [0.1, 0.15) is 0 Å². The van der Waals surface area contributed by atoms with Crippen molar-refractivity contribution in [3.05, 3.63) is 84.4 Å². The van der Waals surface area contributed by atoms with Crippen LogP contribution in [0.15, 0.2) is 78.9 Å². The zero-order valence-corrected chi connectivity index (χ0v) is 18.8. The lowest BCUT2D eigenvalue weighted by Gasteiger charge is -2.19. The Kier molecular flexibility index (Phi) is 6.11. The van der Waals surface area contributed by atoms with E-state index in [0.717, 1.165) is 0 Å². The van der Waals surface area contributed by atoms with Crippen molar-refractivity contribution in [3.63, 3.8) is 0 Å². The monoisotopic (exact) mass is 424 g/mol. The molecule has 0 bridgehead atoms. The molecule has 164 valence electrons. The van der Waals surface area contributed by atoms with Crippen molar-refractivity contribution in [1.82, 2.24) is 9.88 Å². The van der Waals surface area contributed by atoms with Gasteiger partial charge in [0, 0.05) is 29.1 Å². The number of aliphatic hydroxyl groups excluding tert-OH is 1. The number of nitrogens with one attached hydrogen (secondary N) is 1. The Morgan fingerprint density at radius 1 is 0.906 bits per heavy atom. The highest BCUT2D eigenvalue weighted by molar-refractivity contribution is 6.04. The van der Waals surface area contributed by atoms with Gasteiger partial charge in [-0.2, -0.15) is 0 Å². The zero-order valence-electron chi connectivity index (χ0n) is 18.8. The molecule has 1 aliphatic rings. The van der Waals surface area contributed by atoms with Gasteiger partial charge in [0.15, 0.2) is 0 Å². The summed E-state index contributed by atoms with van der Waals surface area (Å²) in [4.78, 5) is 0. The number of benzene rings is 3. The van der Waals surface area contributed by atoms with Crippen LogP contribution in [0.4, 0.5) is 0 Å². The highest BCUT2D eigenvalue weighted by Gasteiger charge is 2.22. The number of fused-ring (bicyclic) bond motifs is 1. The van der Waals surface area contributed by atoms with E-state index in [9.17, 15) is 5.11 Å². The first-order chi connectivity index (χ1) is 15.7. The normalized spacial score (nSPS) is 15.4. The van der Waals surface area contributed by atoms with Crippen LogP contribution in [0.5, 0.6) is 0 Å². The fourth-order valence-corrected chi connectivity index (χ4v) is 5.16. The first kappa shape index (κ1) is 21.0. The largest absolute Gasteiger partial charge is 0.390 e. The number of hydrogen-bond donors (Lipinski definition) is 2. The van der Waals surface area contributed by atoms with Gasteiger partial charge in [-0.15, -0.1) is 0 Å². The highest BCUT2D eigenvalue weighted by Crippen LogP contribution is 2.41. The van der Waals surface area contributed by atoms with E-state index in [4.69, 9.17) is 0 Å². The van der Waals surface area contributed by atoms with Crippen LogP contribution in [-0.4, -0.2) is 28.4 Å². The predicted octanol–water partition coefficient (Wildman–Crippen LogP) is 6.18. The SMILES string of the molecule is Cc1ccc2c(c1)c(-c1ccccc1)c(-c1ccccc1)n2C[C@H](O)CNC1CCCC1. The molecule has 1 aromatic heterocycles. The Hall–Kier alpha value is -2.88. The summed E-state index contributed by atoms with van der Waals surface area (Å²) < 4.78 is 2.33. The van der Waals surface area contributed by atoms with Gasteiger partial charge in [0.25, 0.3) is 0 Å². The quantitative estimate of drug-likeness (QED) is 0.372. The summed E-state index contributed by atoms with van der Waals surface area (Å²) in [5, 5.41) is 15.9. The van der Waals surface area contributed by atoms with Gasteiger partial charge in [-0.1, -0.05) is 85.1 Å². The number of hydrogen-bond acceptors (Lipinski definition) is 2. The molecule has 1 heterocycles. The molecule has 3 heteroatoms. The molecule has 4 aromatic rings. The smallest absolute Gasteiger partial charge is 0.0843 e. The minimum atomic E-state index is -0.446. The van der Waals surface area contributed by atoms with E-state index >= 15 is 0 Å².